The van der Waals surface area contributed by atoms with Crippen LogP contribution in [0.3, 0.4) is 0 Å². The lowest BCUT2D eigenvalue weighted by Gasteiger charge is -2.21. The van der Waals surface area contributed by atoms with Gasteiger partial charge in [0.2, 0.25) is 0 Å². The molecule has 0 aliphatic rings. The van der Waals surface area contributed by atoms with Crippen molar-refractivity contribution in [1.29, 1.82) is 0 Å². The maximum atomic E-state index is 12.0. The van der Waals surface area contributed by atoms with Crippen LogP contribution in [0.15, 0.2) is 0 Å². The SMILES string of the molecule is CCOC(=O)C(CC(C)C)S(=O)(=O)C(N)CN. The van der Waals surface area contributed by atoms with Gasteiger partial charge < -0.3 is 16.2 Å². The number of rotatable bonds is 7. The average molecular weight is 266 g/mol. The summed E-state index contributed by atoms with van der Waals surface area (Å²) in [5.74, 6) is -0.700. The molecule has 0 aliphatic heterocycles. The molecular weight excluding hydrogens is 244 g/mol. The third kappa shape index (κ3) is 4.61. The molecule has 0 bridgehead atoms. The van der Waals surface area contributed by atoms with E-state index in [0.717, 1.165) is 0 Å². The molecule has 0 radical (unpaired) electrons. The Morgan fingerprint density at radius 3 is 2.24 bits per heavy atom. The number of carbonyl (C=O) groups excluding carboxylic acids is 1. The Balaban J connectivity index is 5.10. The normalized spacial score (nSPS) is 15.6. The lowest BCUT2D eigenvalue weighted by molar-refractivity contribution is -0.142. The van der Waals surface area contributed by atoms with Crippen molar-refractivity contribution in [2.24, 2.45) is 17.4 Å². The fourth-order valence-electron chi connectivity index (χ4n) is 1.37. The molecule has 2 unspecified atom stereocenters. The minimum absolute atomic E-state index is 0.0455. The first-order valence-corrected chi connectivity index (χ1v) is 7.23. The van der Waals surface area contributed by atoms with Gasteiger partial charge in [-0.3, -0.25) is 4.79 Å². The predicted octanol–water partition coefficient (Wildman–Crippen LogP) is -0.377. The van der Waals surface area contributed by atoms with Crippen LogP contribution in [0, 0.1) is 5.92 Å². The molecule has 4 N–H and O–H groups in total. The van der Waals surface area contributed by atoms with E-state index in [1.54, 1.807) is 6.92 Å². The van der Waals surface area contributed by atoms with Crippen molar-refractivity contribution in [2.75, 3.05) is 13.2 Å². The van der Waals surface area contributed by atoms with Gasteiger partial charge in [0.15, 0.2) is 15.1 Å². The van der Waals surface area contributed by atoms with Crippen LogP contribution in [0.1, 0.15) is 27.2 Å². The Morgan fingerprint density at radius 1 is 1.35 bits per heavy atom. The summed E-state index contributed by atoms with van der Waals surface area (Å²) in [7, 11) is -3.79. The Kier molecular flexibility index (Phi) is 6.66. The Bertz CT molecular complexity index is 340. The maximum absolute atomic E-state index is 12.0. The minimum atomic E-state index is -3.79. The first-order chi connectivity index (χ1) is 7.77. The fourth-order valence-corrected chi connectivity index (χ4v) is 3.05. The zero-order valence-electron chi connectivity index (χ0n) is 10.5. The third-order valence-corrected chi connectivity index (χ3v) is 4.50. The summed E-state index contributed by atoms with van der Waals surface area (Å²) in [5.41, 5.74) is 10.7. The highest BCUT2D eigenvalue weighted by Crippen LogP contribution is 2.17. The van der Waals surface area contributed by atoms with E-state index in [4.69, 9.17) is 16.2 Å². The summed E-state index contributed by atoms with van der Waals surface area (Å²) in [5, 5.41) is -2.45. The smallest absolute Gasteiger partial charge is 0.324 e. The molecule has 7 heteroatoms. The van der Waals surface area contributed by atoms with Crippen LogP contribution in [-0.4, -0.2) is 38.2 Å². The minimum Gasteiger partial charge on any atom is -0.465 e. The van der Waals surface area contributed by atoms with Crippen molar-refractivity contribution in [3.63, 3.8) is 0 Å². The molecule has 0 aromatic heterocycles. The first-order valence-electron chi connectivity index (χ1n) is 5.62. The summed E-state index contributed by atoms with van der Waals surface area (Å²) in [6.45, 7) is 5.21. The lowest BCUT2D eigenvalue weighted by Crippen LogP contribution is -2.47. The zero-order chi connectivity index (χ0) is 13.6. The highest BCUT2D eigenvalue weighted by atomic mass is 32.2. The van der Waals surface area contributed by atoms with Gasteiger partial charge >= 0.3 is 5.97 Å². The van der Waals surface area contributed by atoms with Crippen LogP contribution in [0.2, 0.25) is 0 Å². The van der Waals surface area contributed by atoms with Gasteiger partial charge in [-0.1, -0.05) is 13.8 Å². The van der Waals surface area contributed by atoms with Crippen LogP contribution >= 0.6 is 0 Å². The summed E-state index contributed by atoms with van der Waals surface area (Å²) < 4.78 is 28.8. The van der Waals surface area contributed by atoms with Crippen molar-refractivity contribution < 1.29 is 17.9 Å². The van der Waals surface area contributed by atoms with E-state index in [1.807, 2.05) is 13.8 Å². The van der Waals surface area contributed by atoms with Gasteiger partial charge in [0.25, 0.3) is 0 Å². The molecular formula is C10H22N2O4S. The first kappa shape index (κ1) is 16.3. The van der Waals surface area contributed by atoms with Crippen LogP contribution in [0.25, 0.3) is 0 Å². The molecule has 6 nitrogen and oxygen atoms in total. The summed E-state index contributed by atoms with van der Waals surface area (Å²) in [6.07, 6.45) is 0.189. The van der Waals surface area contributed by atoms with Gasteiger partial charge in [-0.05, 0) is 19.3 Å². The highest BCUT2D eigenvalue weighted by Gasteiger charge is 2.38. The molecule has 0 saturated carbocycles. The van der Waals surface area contributed by atoms with E-state index in [0.29, 0.717) is 0 Å². The summed E-state index contributed by atoms with van der Waals surface area (Å²) in [4.78, 5) is 11.6. The van der Waals surface area contributed by atoms with Gasteiger partial charge in [-0.15, -0.1) is 0 Å². The molecule has 0 fully saturated rings. The Morgan fingerprint density at radius 2 is 1.88 bits per heavy atom. The number of carbonyl (C=O) groups is 1. The van der Waals surface area contributed by atoms with Crippen LogP contribution in [0.5, 0.6) is 0 Å². The largest absolute Gasteiger partial charge is 0.465 e. The van der Waals surface area contributed by atoms with E-state index in [2.05, 4.69) is 0 Å². The van der Waals surface area contributed by atoms with Crippen molar-refractivity contribution in [3.05, 3.63) is 0 Å². The van der Waals surface area contributed by atoms with Gasteiger partial charge in [0, 0.05) is 6.54 Å². The Labute approximate surface area is 103 Å². The molecule has 0 heterocycles. The second-order valence-electron chi connectivity index (χ2n) is 4.23. The van der Waals surface area contributed by atoms with E-state index < -0.39 is 26.4 Å². The van der Waals surface area contributed by atoms with E-state index >= 15 is 0 Å². The van der Waals surface area contributed by atoms with Crippen LogP contribution in [-0.2, 0) is 19.4 Å². The maximum Gasteiger partial charge on any atom is 0.324 e. The van der Waals surface area contributed by atoms with Crippen molar-refractivity contribution in [2.45, 2.75) is 37.8 Å². The quantitative estimate of drug-likeness (QED) is 0.607. The third-order valence-electron chi connectivity index (χ3n) is 2.29. The molecule has 0 spiro atoms. The molecule has 0 aliphatic carbocycles. The molecule has 0 saturated heterocycles. The van der Waals surface area contributed by atoms with E-state index in [1.165, 1.54) is 0 Å². The van der Waals surface area contributed by atoms with E-state index in [9.17, 15) is 13.2 Å². The van der Waals surface area contributed by atoms with Gasteiger partial charge in [-0.2, -0.15) is 0 Å². The average Bonchev–Trinajstić information content (AvgIpc) is 2.24. The van der Waals surface area contributed by atoms with Gasteiger partial charge in [0.1, 0.15) is 5.37 Å². The zero-order valence-corrected chi connectivity index (χ0v) is 11.4. The fraction of sp³-hybridized carbons (Fsp3) is 0.900. The molecule has 2 atom stereocenters. The second-order valence-corrected chi connectivity index (χ2v) is 6.59. The van der Waals surface area contributed by atoms with Crippen molar-refractivity contribution in [1.82, 2.24) is 0 Å². The van der Waals surface area contributed by atoms with Gasteiger partial charge in [-0.25, -0.2) is 8.42 Å². The lowest BCUT2D eigenvalue weighted by atomic mass is 10.1. The number of ether oxygens (including phenoxy) is 1. The molecule has 102 valence electrons. The Hall–Kier alpha value is -0.660. The summed E-state index contributed by atoms with van der Waals surface area (Å²) >= 11 is 0. The number of nitrogens with two attached hydrogens (primary N) is 2. The van der Waals surface area contributed by atoms with Crippen molar-refractivity contribution in [3.8, 4) is 0 Å². The molecule has 0 amide bonds. The number of hydrogen-bond donors (Lipinski definition) is 2. The monoisotopic (exact) mass is 266 g/mol. The second kappa shape index (κ2) is 6.93. The van der Waals surface area contributed by atoms with E-state index in [-0.39, 0.29) is 25.5 Å². The van der Waals surface area contributed by atoms with Crippen molar-refractivity contribution >= 4 is 15.8 Å². The topological polar surface area (TPSA) is 112 Å². The molecule has 0 aromatic rings. The number of esters is 1. The predicted molar refractivity (Wildman–Crippen MR) is 65.8 cm³/mol. The van der Waals surface area contributed by atoms with Gasteiger partial charge in [0.05, 0.1) is 6.61 Å². The number of sulfone groups is 1. The molecule has 17 heavy (non-hydrogen) atoms. The highest BCUT2D eigenvalue weighted by molar-refractivity contribution is 7.93. The molecule has 0 rings (SSSR count). The van der Waals surface area contributed by atoms with Crippen LogP contribution < -0.4 is 11.5 Å². The molecule has 0 aromatic carbocycles. The summed E-state index contributed by atoms with van der Waals surface area (Å²) in [6, 6.07) is 0. The number of hydrogen-bond acceptors (Lipinski definition) is 6. The van der Waals surface area contributed by atoms with Crippen LogP contribution in [0.4, 0.5) is 0 Å². The standard InChI is InChI=1S/C10H22N2O4S/c1-4-16-10(13)8(5-7(2)3)17(14,15)9(12)6-11/h7-9H,4-6,11-12H2,1-3H3.